The molecule has 9 heteroatoms. The van der Waals surface area contributed by atoms with Gasteiger partial charge in [-0.15, -0.1) is 0 Å². The Morgan fingerprint density at radius 1 is 0.915 bits per heavy atom. The number of fused-ring (bicyclic) bond motifs is 4. The summed E-state index contributed by atoms with van der Waals surface area (Å²) in [5.74, 6) is 1.33. The molecular formula is C38H39BrN4O4. The van der Waals surface area contributed by atoms with Crippen molar-refractivity contribution in [1.82, 2.24) is 9.47 Å². The van der Waals surface area contributed by atoms with Crippen LogP contribution in [0.15, 0.2) is 94.2 Å². The van der Waals surface area contributed by atoms with Gasteiger partial charge < -0.3 is 24.4 Å². The lowest BCUT2D eigenvalue weighted by molar-refractivity contribution is 0.0690. The summed E-state index contributed by atoms with van der Waals surface area (Å²) in [5.41, 5.74) is 4.92. The van der Waals surface area contributed by atoms with E-state index in [1.54, 1.807) is 31.4 Å². The van der Waals surface area contributed by atoms with E-state index in [1.807, 2.05) is 39.8 Å². The minimum Gasteiger partial charge on any atom is -0.497 e. The molecule has 2 amide bonds. The highest BCUT2D eigenvalue weighted by molar-refractivity contribution is 9.10. The summed E-state index contributed by atoms with van der Waals surface area (Å²) in [5, 5.41) is 3.15. The number of likely N-dealkylation sites (tertiary alicyclic amines) is 1. The van der Waals surface area contributed by atoms with Gasteiger partial charge in [-0.2, -0.15) is 0 Å². The molecule has 242 valence electrons. The lowest BCUT2D eigenvalue weighted by atomic mass is 9.83. The van der Waals surface area contributed by atoms with Crippen molar-refractivity contribution in [3.05, 3.63) is 122 Å². The van der Waals surface area contributed by atoms with Crippen molar-refractivity contribution in [3.8, 4) is 5.75 Å². The second kappa shape index (κ2) is 13.4. The van der Waals surface area contributed by atoms with Gasteiger partial charge >= 0.3 is 0 Å². The summed E-state index contributed by atoms with van der Waals surface area (Å²) in [6.45, 7) is 3.58. The first kappa shape index (κ1) is 31.2. The highest BCUT2D eigenvalue weighted by Crippen LogP contribution is 2.40. The quantitative estimate of drug-likeness (QED) is 0.236. The fourth-order valence-electron chi connectivity index (χ4n) is 7.60. The number of methoxy groups -OCH3 is 1. The highest BCUT2D eigenvalue weighted by atomic mass is 79.9. The number of amides is 2. The molecule has 1 aromatic heterocycles. The molecule has 2 atom stereocenters. The summed E-state index contributed by atoms with van der Waals surface area (Å²) in [6, 6.07) is 27.1. The van der Waals surface area contributed by atoms with Crippen molar-refractivity contribution in [1.29, 1.82) is 0 Å². The number of benzene rings is 3. The summed E-state index contributed by atoms with van der Waals surface area (Å²) in [4.78, 5) is 44.5. The minimum atomic E-state index is -0.294. The Morgan fingerprint density at radius 3 is 2.51 bits per heavy atom. The van der Waals surface area contributed by atoms with E-state index >= 15 is 0 Å². The third kappa shape index (κ3) is 6.59. The average molecular weight is 696 g/mol. The van der Waals surface area contributed by atoms with Gasteiger partial charge in [0.05, 0.1) is 24.0 Å². The predicted octanol–water partition coefficient (Wildman–Crippen LogP) is 6.59. The maximum Gasteiger partial charge on any atom is 0.257 e. The number of piperidine rings is 2. The number of rotatable bonds is 7. The van der Waals surface area contributed by atoms with Crippen LogP contribution in [0.1, 0.15) is 57.2 Å². The summed E-state index contributed by atoms with van der Waals surface area (Å²) < 4.78 is 7.95. The SMILES string of the molecule is COc1ccc(Br)c(C(=O)Nc2cc(C(=O)N3CCC(Cc4ccccc4)CC3)ccc2N2C[C@H]3C[C@@H](C2)c2cccc(=O)n2C3)c1. The number of hydrogen-bond donors (Lipinski definition) is 1. The topological polar surface area (TPSA) is 83.9 Å². The van der Waals surface area contributed by atoms with Gasteiger partial charge in [-0.25, -0.2) is 0 Å². The van der Waals surface area contributed by atoms with Crippen LogP contribution in [0.25, 0.3) is 0 Å². The fraction of sp³-hybridized carbons (Fsp3) is 0.342. The zero-order valence-corrected chi connectivity index (χ0v) is 28.1. The number of anilines is 2. The normalized spacial score (nSPS) is 19.2. The van der Waals surface area contributed by atoms with Crippen LogP contribution >= 0.6 is 15.9 Å². The zero-order valence-electron chi connectivity index (χ0n) is 26.5. The van der Waals surface area contributed by atoms with Crippen molar-refractivity contribution in [2.45, 2.75) is 38.1 Å². The maximum absolute atomic E-state index is 13.9. The molecule has 2 bridgehead atoms. The van der Waals surface area contributed by atoms with Gasteiger partial charge in [0.2, 0.25) is 0 Å². The second-order valence-corrected chi connectivity index (χ2v) is 13.9. The molecule has 0 radical (unpaired) electrons. The molecule has 47 heavy (non-hydrogen) atoms. The molecule has 4 aromatic rings. The average Bonchev–Trinajstić information content (AvgIpc) is 3.09. The Morgan fingerprint density at radius 2 is 1.72 bits per heavy atom. The predicted molar refractivity (Wildman–Crippen MR) is 188 cm³/mol. The number of halogens is 1. The van der Waals surface area contributed by atoms with Crippen molar-refractivity contribution < 1.29 is 14.3 Å². The summed E-state index contributed by atoms with van der Waals surface area (Å²) in [6.07, 6.45) is 3.99. The van der Waals surface area contributed by atoms with E-state index in [9.17, 15) is 14.4 Å². The van der Waals surface area contributed by atoms with Gasteiger partial charge in [0.15, 0.2) is 0 Å². The monoisotopic (exact) mass is 694 g/mol. The largest absolute Gasteiger partial charge is 0.497 e. The number of aromatic nitrogens is 1. The molecule has 0 saturated carbocycles. The van der Waals surface area contributed by atoms with E-state index in [2.05, 4.69) is 56.5 Å². The van der Waals surface area contributed by atoms with E-state index in [1.165, 1.54) is 5.56 Å². The van der Waals surface area contributed by atoms with Gasteiger partial charge in [-0.05, 0) is 101 Å². The number of carbonyl (C=O) groups is 2. The third-order valence-corrected chi connectivity index (χ3v) is 10.7. The lowest BCUT2D eigenvalue weighted by Crippen LogP contribution is -2.47. The number of carbonyl (C=O) groups excluding carboxylic acids is 2. The lowest BCUT2D eigenvalue weighted by Gasteiger charge is -2.44. The third-order valence-electron chi connectivity index (χ3n) is 10.00. The fourth-order valence-corrected chi connectivity index (χ4v) is 8.03. The Hall–Kier alpha value is -4.37. The first-order chi connectivity index (χ1) is 22.9. The van der Waals surface area contributed by atoms with E-state index in [-0.39, 0.29) is 23.3 Å². The zero-order chi connectivity index (χ0) is 32.5. The van der Waals surface area contributed by atoms with Crippen LogP contribution in [0, 0.1) is 11.8 Å². The Labute approximate surface area is 283 Å². The molecule has 2 fully saturated rings. The first-order valence-corrected chi connectivity index (χ1v) is 17.2. The van der Waals surface area contributed by atoms with Gasteiger partial charge in [0, 0.05) is 60.4 Å². The van der Waals surface area contributed by atoms with E-state index < -0.39 is 0 Å². The standard InChI is InChI=1S/C38H39BrN4O4/c1-47-30-11-12-32(39)31(21-30)37(45)40-33-20-28(38(46)41-16-14-26(15-17-41)18-25-6-3-2-4-7-25)10-13-35(33)42-22-27-19-29(24-42)34-8-5-9-36(44)43(34)23-27/h2-13,20-21,26-27,29H,14-19,22-24H2,1H3,(H,40,45)/t27-,29+/m1/s1. The first-order valence-electron chi connectivity index (χ1n) is 16.4. The molecule has 1 N–H and O–H groups in total. The molecule has 0 spiro atoms. The van der Waals surface area contributed by atoms with Gasteiger partial charge in [-0.3, -0.25) is 14.4 Å². The minimum absolute atomic E-state index is 0.0170. The summed E-state index contributed by atoms with van der Waals surface area (Å²) in [7, 11) is 1.57. The van der Waals surface area contributed by atoms with E-state index in [0.29, 0.717) is 65.1 Å². The van der Waals surface area contributed by atoms with Gasteiger partial charge in [-0.1, -0.05) is 36.4 Å². The van der Waals surface area contributed by atoms with Crippen molar-refractivity contribution >= 4 is 39.1 Å². The van der Waals surface area contributed by atoms with Crippen LogP contribution in [0.3, 0.4) is 0 Å². The van der Waals surface area contributed by atoms with Crippen molar-refractivity contribution in [2.24, 2.45) is 11.8 Å². The molecule has 0 aliphatic carbocycles. The highest BCUT2D eigenvalue weighted by Gasteiger charge is 2.36. The Kier molecular flexibility index (Phi) is 8.90. The van der Waals surface area contributed by atoms with Crippen LogP contribution < -0.4 is 20.5 Å². The molecule has 4 heterocycles. The smallest absolute Gasteiger partial charge is 0.257 e. The number of nitrogens with one attached hydrogen (secondary N) is 1. The van der Waals surface area contributed by atoms with Crippen LogP contribution in [0.4, 0.5) is 11.4 Å². The van der Waals surface area contributed by atoms with Crippen LogP contribution in [0.5, 0.6) is 5.75 Å². The summed E-state index contributed by atoms with van der Waals surface area (Å²) >= 11 is 3.52. The van der Waals surface area contributed by atoms with Crippen LogP contribution in [-0.2, 0) is 13.0 Å². The molecule has 8 nitrogen and oxygen atoms in total. The Bertz CT molecular complexity index is 1850. The van der Waals surface area contributed by atoms with Crippen molar-refractivity contribution in [3.63, 3.8) is 0 Å². The van der Waals surface area contributed by atoms with Crippen molar-refractivity contribution in [2.75, 3.05) is 43.5 Å². The number of pyridine rings is 1. The molecule has 2 saturated heterocycles. The van der Waals surface area contributed by atoms with Gasteiger partial charge in [0.1, 0.15) is 5.75 Å². The molecule has 7 rings (SSSR count). The van der Waals surface area contributed by atoms with Crippen LogP contribution in [0.2, 0.25) is 0 Å². The Balaban J connectivity index is 1.15. The second-order valence-electron chi connectivity index (χ2n) is 13.1. The molecule has 0 unspecified atom stereocenters. The molecular weight excluding hydrogens is 656 g/mol. The number of nitrogens with zero attached hydrogens (tertiary/aromatic N) is 3. The molecule has 3 aromatic carbocycles. The maximum atomic E-state index is 13.9. The van der Waals surface area contributed by atoms with E-state index in [0.717, 1.165) is 43.6 Å². The number of ether oxygens (including phenoxy) is 1. The van der Waals surface area contributed by atoms with E-state index in [4.69, 9.17) is 4.74 Å². The van der Waals surface area contributed by atoms with Crippen LogP contribution in [-0.4, -0.2) is 54.6 Å². The molecule has 3 aliphatic heterocycles. The van der Waals surface area contributed by atoms with Gasteiger partial charge in [0.25, 0.3) is 17.4 Å². The number of hydrogen-bond acceptors (Lipinski definition) is 5. The molecule has 3 aliphatic rings.